The second kappa shape index (κ2) is 7.59. The van der Waals surface area contributed by atoms with Crippen LogP contribution in [0.3, 0.4) is 0 Å². The summed E-state index contributed by atoms with van der Waals surface area (Å²) in [5, 5.41) is 2.42. The van der Waals surface area contributed by atoms with Gasteiger partial charge in [-0.1, -0.05) is 13.0 Å². The second-order valence-corrected chi connectivity index (χ2v) is 5.94. The number of nitrogens with two attached hydrogens (primary N) is 1. The molecule has 0 unspecified atom stereocenters. The van der Waals surface area contributed by atoms with Crippen LogP contribution in [-0.4, -0.2) is 33.4 Å². The fourth-order valence-corrected chi connectivity index (χ4v) is 2.10. The van der Waals surface area contributed by atoms with Gasteiger partial charge in [-0.2, -0.15) is 0 Å². The Kier molecular flexibility index (Phi) is 6.10. The van der Waals surface area contributed by atoms with Gasteiger partial charge in [0.15, 0.2) is 0 Å². The lowest BCUT2D eigenvalue weighted by Gasteiger charge is -2.09. The first-order chi connectivity index (χ1) is 9.43. The van der Waals surface area contributed by atoms with Gasteiger partial charge in [-0.05, 0) is 18.6 Å². The summed E-state index contributed by atoms with van der Waals surface area (Å²) in [4.78, 5) is 11.2. The maximum atomic E-state index is 11.6. The van der Waals surface area contributed by atoms with E-state index in [9.17, 15) is 13.2 Å². The van der Waals surface area contributed by atoms with Crippen molar-refractivity contribution in [3.8, 4) is 5.75 Å². The Morgan fingerprint density at radius 2 is 2.15 bits per heavy atom. The monoisotopic (exact) mass is 301 g/mol. The summed E-state index contributed by atoms with van der Waals surface area (Å²) in [6, 6.07) is 5.94. The first kappa shape index (κ1) is 16.1. The summed E-state index contributed by atoms with van der Waals surface area (Å²) in [5.41, 5.74) is 6.10. The maximum Gasteiger partial charge on any atom is 0.328 e. The number of nitrogens with one attached hydrogen (secondary N) is 2. The maximum absolute atomic E-state index is 11.6. The molecule has 0 spiro atoms. The SMILES string of the molecule is CCCNC(=O)NS(=O)(=O)CCOc1cccc(N)c1. The smallest absolute Gasteiger partial charge is 0.328 e. The molecular formula is C12H19N3O4S. The predicted molar refractivity (Wildman–Crippen MR) is 77.0 cm³/mol. The number of rotatable bonds is 7. The zero-order chi connectivity index (χ0) is 15.0. The number of carbonyl (C=O) groups excluding carboxylic acids is 1. The third-order valence-electron chi connectivity index (χ3n) is 2.26. The molecule has 2 amide bonds. The van der Waals surface area contributed by atoms with Gasteiger partial charge >= 0.3 is 6.03 Å². The van der Waals surface area contributed by atoms with Crippen molar-refractivity contribution in [2.24, 2.45) is 0 Å². The van der Waals surface area contributed by atoms with E-state index in [1.54, 1.807) is 24.3 Å². The summed E-state index contributed by atoms with van der Waals surface area (Å²) < 4.78 is 30.3. The first-order valence-corrected chi connectivity index (χ1v) is 7.85. The van der Waals surface area contributed by atoms with E-state index in [2.05, 4.69) is 5.32 Å². The minimum absolute atomic E-state index is 0.0696. The topological polar surface area (TPSA) is 111 Å². The molecule has 0 aromatic heterocycles. The molecule has 0 aliphatic carbocycles. The van der Waals surface area contributed by atoms with Gasteiger partial charge in [0.05, 0.1) is 0 Å². The normalized spacial score (nSPS) is 10.8. The number of benzene rings is 1. The van der Waals surface area contributed by atoms with E-state index < -0.39 is 16.1 Å². The Morgan fingerprint density at radius 3 is 2.80 bits per heavy atom. The van der Waals surface area contributed by atoms with Crippen LogP contribution in [0.1, 0.15) is 13.3 Å². The lowest BCUT2D eigenvalue weighted by molar-refractivity contribution is 0.245. The Labute approximate surface area is 118 Å². The van der Waals surface area contributed by atoms with Crippen LogP contribution in [-0.2, 0) is 10.0 Å². The molecule has 0 saturated carbocycles. The molecule has 0 bridgehead atoms. The van der Waals surface area contributed by atoms with Crippen LogP contribution in [0, 0.1) is 0 Å². The van der Waals surface area contributed by atoms with Crippen LogP contribution in [0.25, 0.3) is 0 Å². The summed E-state index contributed by atoms with van der Waals surface area (Å²) >= 11 is 0. The van der Waals surface area contributed by atoms with Crippen LogP contribution in [0.5, 0.6) is 5.75 Å². The van der Waals surface area contributed by atoms with E-state index in [4.69, 9.17) is 10.5 Å². The molecule has 1 rings (SSSR count). The highest BCUT2D eigenvalue weighted by Gasteiger charge is 2.14. The van der Waals surface area contributed by atoms with Crippen molar-refractivity contribution in [3.63, 3.8) is 0 Å². The molecule has 112 valence electrons. The van der Waals surface area contributed by atoms with Crippen molar-refractivity contribution in [2.75, 3.05) is 24.6 Å². The van der Waals surface area contributed by atoms with Gasteiger partial charge in [0.2, 0.25) is 10.0 Å². The van der Waals surface area contributed by atoms with Crippen molar-refractivity contribution >= 4 is 21.7 Å². The summed E-state index contributed by atoms with van der Waals surface area (Å²) in [5.74, 6) is 0.164. The first-order valence-electron chi connectivity index (χ1n) is 6.19. The van der Waals surface area contributed by atoms with Crippen molar-refractivity contribution < 1.29 is 17.9 Å². The quantitative estimate of drug-likeness (QED) is 0.642. The van der Waals surface area contributed by atoms with Gasteiger partial charge < -0.3 is 15.8 Å². The van der Waals surface area contributed by atoms with E-state index in [-0.39, 0.29) is 12.4 Å². The summed E-state index contributed by atoms with van der Waals surface area (Å²) in [7, 11) is -3.71. The Morgan fingerprint density at radius 1 is 1.40 bits per heavy atom. The number of anilines is 1. The van der Waals surface area contributed by atoms with E-state index in [0.29, 0.717) is 18.0 Å². The molecule has 20 heavy (non-hydrogen) atoms. The van der Waals surface area contributed by atoms with Crippen LogP contribution in [0.2, 0.25) is 0 Å². The minimum Gasteiger partial charge on any atom is -0.492 e. The van der Waals surface area contributed by atoms with Crippen LogP contribution in [0.15, 0.2) is 24.3 Å². The minimum atomic E-state index is -3.71. The molecule has 8 heteroatoms. The molecule has 0 atom stereocenters. The second-order valence-electron chi connectivity index (χ2n) is 4.10. The molecule has 1 aromatic carbocycles. The number of urea groups is 1. The third-order valence-corrected chi connectivity index (χ3v) is 3.46. The molecule has 0 saturated heterocycles. The van der Waals surface area contributed by atoms with E-state index in [1.807, 2.05) is 11.6 Å². The number of hydrogen-bond donors (Lipinski definition) is 3. The van der Waals surface area contributed by atoms with E-state index >= 15 is 0 Å². The average molecular weight is 301 g/mol. The van der Waals surface area contributed by atoms with Crippen LogP contribution < -0.4 is 20.5 Å². The van der Waals surface area contributed by atoms with Crippen molar-refractivity contribution in [2.45, 2.75) is 13.3 Å². The number of ether oxygens (including phenoxy) is 1. The van der Waals surface area contributed by atoms with E-state index in [1.165, 1.54) is 0 Å². The Hall–Kier alpha value is -1.96. The molecule has 7 nitrogen and oxygen atoms in total. The summed E-state index contributed by atoms with van der Waals surface area (Å²) in [6.45, 7) is 2.22. The van der Waals surface area contributed by atoms with E-state index in [0.717, 1.165) is 6.42 Å². The van der Waals surface area contributed by atoms with Gasteiger partial charge in [-0.25, -0.2) is 17.9 Å². The van der Waals surface area contributed by atoms with Gasteiger partial charge in [0, 0.05) is 18.3 Å². The molecule has 0 aliphatic heterocycles. The fourth-order valence-electron chi connectivity index (χ4n) is 1.34. The molecule has 0 fully saturated rings. The molecule has 0 radical (unpaired) electrons. The number of hydrogen-bond acceptors (Lipinski definition) is 5. The number of nitrogen functional groups attached to an aromatic ring is 1. The van der Waals surface area contributed by atoms with Gasteiger partial charge in [-0.3, -0.25) is 0 Å². The predicted octanol–water partition coefficient (Wildman–Crippen LogP) is 0.687. The zero-order valence-electron chi connectivity index (χ0n) is 11.3. The lowest BCUT2D eigenvalue weighted by atomic mass is 10.3. The third kappa shape index (κ3) is 6.28. The van der Waals surface area contributed by atoms with Crippen LogP contribution in [0.4, 0.5) is 10.5 Å². The van der Waals surface area contributed by atoms with Gasteiger partial charge in [0.1, 0.15) is 18.1 Å². The van der Waals surface area contributed by atoms with Crippen molar-refractivity contribution in [3.05, 3.63) is 24.3 Å². The largest absolute Gasteiger partial charge is 0.492 e. The van der Waals surface area contributed by atoms with Gasteiger partial charge in [-0.15, -0.1) is 0 Å². The van der Waals surface area contributed by atoms with Crippen molar-refractivity contribution in [1.29, 1.82) is 0 Å². The van der Waals surface area contributed by atoms with Crippen LogP contribution >= 0.6 is 0 Å². The highest BCUT2D eigenvalue weighted by molar-refractivity contribution is 7.90. The molecular weight excluding hydrogens is 282 g/mol. The summed E-state index contributed by atoms with van der Waals surface area (Å²) in [6.07, 6.45) is 0.728. The number of amides is 2. The molecule has 1 aromatic rings. The molecule has 0 aliphatic rings. The number of carbonyl (C=O) groups is 1. The average Bonchev–Trinajstić information content (AvgIpc) is 2.35. The standard InChI is InChI=1S/C12H19N3O4S/c1-2-6-14-12(16)15-20(17,18)8-7-19-11-5-3-4-10(13)9-11/h3-5,9H,2,6-8,13H2,1H3,(H2,14,15,16). The zero-order valence-corrected chi connectivity index (χ0v) is 12.1. The fraction of sp³-hybridized carbons (Fsp3) is 0.417. The van der Waals surface area contributed by atoms with Crippen molar-refractivity contribution in [1.82, 2.24) is 10.0 Å². The molecule has 0 heterocycles. The molecule has 4 N–H and O–H groups in total. The number of sulfonamides is 1. The Bertz CT molecular complexity index is 545. The Balaban J connectivity index is 2.38. The van der Waals surface area contributed by atoms with Gasteiger partial charge in [0.25, 0.3) is 0 Å². The lowest BCUT2D eigenvalue weighted by Crippen LogP contribution is -2.41. The highest BCUT2D eigenvalue weighted by atomic mass is 32.2. The highest BCUT2D eigenvalue weighted by Crippen LogP contribution is 2.14.